The highest BCUT2D eigenvalue weighted by atomic mass is 16.5. The second kappa shape index (κ2) is 4.29. The number of carboxylic acid groups (broad SMARTS) is 1. The van der Waals surface area contributed by atoms with Crippen LogP contribution in [0, 0.1) is 5.92 Å². The first kappa shape index (κ1) is 11.5. The standard InChI is InChI=1S/C9H14N2O4/c1-5(2)8-9(14)11(4-7(12)13)10-6(3)15-8/h5,8H,4H2,1-3H3,(H,12,13). The van der Waals surface area contributed by atoms with E-state index in [1.165, 1.54) is 0 Å². The maximum Gasteiger partial charge on any atom is 0.325 e. The number of ether oxygens (including phenoxy) is 1. The Morgan fingerprint density at radius 2 is 2.27 bits per heavy atom. The van der Waals surface area contributed by atoms with Crippen LogP contribution in [0.3, 0.4) is 0 Å². The van der Waals surface area contributed by atoms with Crippen LogP contribution in [0.1, 0.15) is 20.8 Å². The topological polar surface area (TPSA) is 79.2 Å². The first-order chi connectivity index (χ1) is 6.91. The van der Waals surface area contributed by atoms with Gasteiger partial charge >= 0.3 is 5.97 Å². The van der Waals surface area contributed by atoms with Gasteiger partial charge in [-0.15, -0.1) is 5.10 Å². The fourth-order valence-corrected chi connectivity index (χ4v) is 1.29. The summed E-state index contributed by atoms with van der Waals surface area (Å²) in [6.07, 6.45) is -0.637. The van der Waals surface area contributed by atoms with Gasteiger partial charge in [0.25, 0.3) is 5.91 Å². The molecule has 0 saturated carbocycles. The Labute approximate surface area is 87.5 Å². The minimum Gasteiger partial charge on any atom is -0.480 e. The van der Waals surface area contributed by atoms with Gasteiger partial charge in [0, 0.05) is 6.92 Å². The molecule has 1 heterocycles. The van der Waals surface area contributed by atoms with E-state index in [4.69, 9.17) is 9.84 Å². The van der Waals surface area contributed by atoms with Crippen molar-refractivity contribution < 1.29 is 19.4 Å². The van der Waals surface area contributed by atoms with Crippen LogP contribution in [0.4, 0.5) is 0 Å². The molecule has 0 fully saturated rings. The van der Waals surface area contributed by atoms with Gasteiger partial charge in [0.15, 0.2) is 6.10 Å². The van der Waals surface area contributed by atoms with Gasteiger partial charge in [-0.3, -0.25) is 9.59 Å². The summed E-state index contributed by atoms with van der Waals surface area (Å²) in [6.45, 7) is 4.83. The van der Waals surface area contributed by atoms with Crippen LogP contribution in [0.25, 0.3) is 0 Å². The summed E-state index contributed by atoms with van der Waals surface area (Å²) in [4.78, 5) is 22.2. The molecule has 0 radical (unpaired) electrons. The van der Waals surface area contributed by atoms with Gasteiger partial charge in [-0.1, -0.05) is 13.8 Å². The molecule has 6 nitrogen and oxygen atoms in total. The van der Waals surface area contributed by atoms with Crippen molar-refractivity contribution in [3.8, 4) is 0 Å². The number of hydrogen-bond donors (Lipinski definition) is 1. The van der Waals surface area contributed by atoms with Gasteiger partial charge in [-0.25, -0.2) is 5.01 Å². The van der Waals surface area contributed by atoms with Gasteiger partial charge in [-0.05, 0) is 5.92 Å². The van der Waals surface area contributed by atoms with Crippen LogP contribution >= 0.6 is 0 Å². The minimum absolute atomic E-state index is 0.0146. The summed E-state index contributed by atoms with van der Waals surface area (Å²) in [7, 11) is 0. The molecule has 1 aliphatic heterocycles. The molecule has 0 spiro atoms. The fraction of sp³-hybridized carbons (Fsp3) is 0.667. The van der Waals surface area contributed by atoms with Crippen molar-refractivity contribution in [2.75, 3.05) is 6.54 Å². The lowest BCUT2D eigenvalue weighted by molar-refractivity contribution is -0.151. The molecule has 1 atom stereocenters. The number of carbonyl (C=O) groups excluding carboxylic acids is 1. The molecule has 0 saturated heterocycles. The van der Waals surface area contributed by atoms with Crippen LogP contribution in [-0.4, -0.2) is 40.5 Å². The molecular formula is C9H14N2O4. The Morgan fingerprint density at radius 3 is 2.73 bits per heavy atom. The van der Waals surface area contributed by atoms with E-state index in [0.29, 0.717) is 5.90 Å². The van der Waals surface area contributed by atoms with E-state index < -0.39 is 24.5 Å². The fourth-order valence-electron chi connectivity index (χ4n) is 1.29. The van der Waals surface area contributed by atoms with E-state index in [-0.39, 0.29) is 5.92 Å². The highest BCUT2D eigenvalue weighted by molar-refractivity contribution is 5.90. The largest absolute Gasteiger partial charge is 0.480 e. The quantitative estimate of drug-likeness (QED) is 0.732. The van der Waals surface area contributed by atoms with Crippen molar-refractivity contribution >= 4 is 17.8 Å². The van der Waals surface area contributed by atoms with E-state index in [2.05, 4.69) is 5.10 Å². The second-order valence-corrected chi connectivity index (χ2v) is 3.69. The van der Waals surface area contributed by atoms with Gasteiger partial charge in [-0.2, -0.15) is 0 Å². The predicted molar refractivity (Wildman–Crippen MR) is 52.2 cm³/mol. The van der Waals surface area contributed by atoms with E-state index in [1.54, 1.807) is 6.92 Å². The molecule has 6 heteroatoms. The van der Waals surface area contributed by atoms with Crippen LogP contribution in [0.2, 0.25) is 0 Å². The molecule has 84 valence electrons. The zero-order valence-corrected chi connectivity index (χ0v) is 8.93. The molecule has 1 N–H and O–H groups in total. The molecular weight excluding hydrogens is 200 g/mol. The number of hydrazone groups is 1. The van der Waals surface area contributed by atoms with Crippen LogP contribution in [0.5, 0.6) is 0 Å². The summed E-state index contributed by atoms with van der Waals surface area (Å²) in [5, 5.41) is 13.3. The SMILES string of the molecule is CC1=NN(CC(=O)O)C(=O)C(C(C)C)O1. The molecule has 0 bridgehead atoms. The van der Waals surface area contributed by atoms with Crippen LogP contribution in [-0.2, 0) is 14.3 Å². The van der Waals surface area contributed by atoms with E-state index in [1.807, 2.05) is 13.8 Å². The first-order valence-electron chi connectivity index (χ1n) is 4.67. The summed E-state index contributed by atoms with van der Waals surface area (Å²) < 4.78 is 5.24. The highest BCUT2D eigenvalue weighted by Crippen LogP contribution is 2.15. The third kappa shape index (κ3) is 2.68. The van der Waals surface area contributed by atoms with E-state index in [0.717, 1.165) is 5.01 Å². The lowest BCUT2D eigenvalue weighted by Crippen LogP contribution is -2.47. The summed E-state index contributed by atoms with van der Waals surface area (Å²) in [5.41, 5.74) is 0. The van der Waals surface area contributed by atoms with Crippen LogP contribution in [0.15, 0.2) is 5.10 Å². The molecule has 0 aromatic rings. The lowest BCUT2D eigenvalue weighted by Gasteiger charge is -2.29. The Morgan fingerprint density at radius 1 is 1.67 bits per heavy atom. The Balaban J connectivity index is 2.84. The third-order valence-corrected chi connectivity index (χ3v) is 1.95. The average Bonchev–Trinajstić information content (AvgIpc) is 2.09. The van der Waals surface area contributed by atoms with Crippen molar-refractivity contribution in [2.24, 2.45) is 11.0 Å². The number of aliphatic carboxylic acids is 1. The van der Waals surface area contributed by atoms with Gasteiger partial charge in [0.1, 0.15) is 6.54 Å². The monoisotopic (exact) mass is 214 g/mol. The minimum atomic E-state index is -1.09. The smallest absolute Gasteiger partial charge is 0.325 e. The highest BCUT2D eigenvalue weighted by Gasteiger charge is 2.34. The molecule has 1 unspecified atom stereocenters. The third-order valence-electron chi connectivity index (χ3n) is 1.95. The molecule has 15 heavy (non-hydrogen) atoms. The number of carbonyl (C=O) groups is 2. The molecule has 0 aromatic heterocycles. The van der Waals surface area contributed by atoms with E-state index in [9.17, 15) is 9.59 Å². The van der Waals surface area contributed by atoms with Gasteiger partial charge in [0.05, 0.1) is 0 Å². The van der Waals surface area contributed by atoms with Crippen molar-refractivity contribution in [1.82, 2.24) is 5.01 Å². The molecule has 0 aromatic carbocycles. The lowest BCUT2D eigenvalue weighted by atomic mass is 10.1. The van der Waals surface area contributed by atoms with Gasteiger partial charge < -0.3 is 9.84 Å². The normalized spacial score (nSPS) is 21.3. The van der Waals surface area contributed by atoms with E-state index >= 15 is 0 Å². The number of hydrogen-bond acceptors (Lipinski definition) is 4. The molecule has 0 aliphatic carbocycles. The second-order valence-electron chi connectivity index (χ2n) is 3.69. The van der Waals surface area contributed by atoms with Crippen molar-refractivity contribution in [2.45, 2.75) is 26.9 Å². The maximum atomic E-state index is 11.7. The average molecular weight is 214 g/mol. The molecule has 1 amide bonds. The predicted octanol–water partition coefficient (Wildman–Crippen LogP) is 0.288. The Kier molecular flexibility index (Phi) is 3.28. The zero-order chi connectivity index (χ0) is 11.6. The number of amides is 1. The van der Waals surface area contributed by atoms with Gasteiger partial charge in [0.2, 0.25) is 5.90 Å². The van der Waals surface area contributed by atoms with Crippen LogP contribution < -0.4 is 0 Å². The molecule has 1 aliphatic rings. The first-order valence-corrected chi connectivity index (χ1v) is 4.67. The Bertz CT molecular complexity index is 311. The summed E-state index contributed by atoms with van der Waals surface area (Å²) >= 11 is 0. The number of carboxylic acids is 1. The summed E-state index contributed by atoms with van der Waals surface area (Å²) in [6, 6.07) is 0. The van der Waals surface area contributed by atoms with Crippen molar-refractivity contribution in [1.29, 1.82) is 0 Å². The summed E-state index contributed by atoms with van der Waals surface area (Å²) in [5.74, 6) is -1.20. The maximum absolute atomic E-state index is 11.7. The van der Waals surface area contributed by atoms with Crippen molar-refractivity contribution in [3.63, 3.8) is 0 Å². The molecule has 1 rings (SSSR count). The van der Waals surface area contributed by atoms with Crippen molar-refractivity contribution in [3.05, 3.63) is 0 Å². The number of nitrogens with zero attached hydrogens (tertiary/aromatic N) is 2. The Hall–Kier alpha value is -1.59. The number of rotatable bonds is 3. The zero-order valence-electron chi connectivity index (χ0n) is 8.93.